The first kappa shape index (κ1) is 15.9. The van der Waals surface area contributed by atoms with E-state index in [1.807, 2.05) is 0 Å². The number of carbonyl (C=O) groups is 3. The number of nitrogens with zero attached hydrogens (tertiary/aromatic N) is 1. The smallest absolute Gasteiger partial charge is 0.312 e. The predicted molar refractivity (Wildman–Crippen MR) is 87.7 cm³/mol. The van der Waals surface area contributed by atoms with Crippen LogP contribution in [-0.4, -0.2) is 36.3 Å². The van der Waals surface area contributed by atoms with Gasteiger partial charge in [-0.15, -0.1) is 0 Å². The van der Waals surface area contributed by atoms with Gasteiger partial charge in [0.2, 0.25) is 11.8 Å². The first-order valence-electron chi connectivity index (χ1n) is 8.47. The van der Waals surface area contributed by atoms with Gasteiger partial charge < -0.3 is 9.47 Å². The number of ether oxygens (including phenoxy) is 2. The molecule has 0 aromatic heterocycles. The van der Waals surface area contributed by atoms with Gasteiger partial charge in [-0.1, -0.05) is 12.2 Å². The Labute approximate surface area is 145 Å². The van der Waals surface area contributed by atoms with Crippen LogP contribution in [0.5, 0.6) is 11.5 Å². The van der Waals surface area contributed by atoms with Crippen molar-refractivity contribution in [2.24, 2.45) is 23.7 Å². The second kappa shape index (κ2) is 6.02. The molecule has 0 unspecified atom stereocenters. The number of methoxy groups -OCH3 is 1. The quantitative estimate of drug-likeness (QED) is 0.353. The van der Waals surface area contributed by atoms with Crippen LogP contribution in [0.1, 0.15) is 12.8 Å². The van der Waals surface area contributed by atoms with Crippen molar-refractivity contribution in [2.45, 2.75) is 12.8 Å². The van der Waals surface area contributed by atoms with Crippen LogP contribution in [0.25, 0.3) is 0 Å². The number of imide groups is 1. The summed E-state index contributed by atoms with van der Waals surface area (Å²) >= 11 is 0. The van der Waals surface area contributed by atoms with Crippen molar-refractivity contribution in [1.29, 1.82) is 0 Å². The number of hydrogen-bond acceptors (Lipinski definition) is 5. The molecule has 0 radical (unpaired) electrons. The van der Waals surface area contributed by atoms with E-state index in [0.29, 0.717) is 11.5 Å². The molecule has 3 aliphatic rings. The van der Waals surface area contributed by atoms with Crippen LogP contribution in [0.4, 0.5) is 0 Å². The van der Waals surface area contributed by atoms with Crippen molar-refractivity contribution < 1.29 is 23.9 Å². The van der Waals surface area contributed by atoms with E-state index in [1.54, 1.807) is 31.4 Å². The van der Waals surface area contributed by atoms with Crippen LogP contribution >= 0.6 is 0 Å². The molecule has 130 valence electrons. The van der Waals surface area contributed by atoms with Crippen LogP contribution in [0.15, 0.2) is 36.4 Å². The van der Waals surface area contributed by atoms with Gasteiger partial charge >= 0.3 is 5.97 Å². The van der Waals surface area contributed by atoms with Crippen molar-refractivity contribution in [1.82, 2.24) is 4.90 Å². The summed E-state index contributed by atoms with van der Waals surface area (Å²) < 4.78 is 10.3. The fourth-order valence-corrected chi connectivity index (χ4v) is 4.21. The molecule has 2 bridgehead atoms. The fourth-order valence-electron chi connectivity index (χ4n) is 4.21. The topological polar surface area (TPSA) is 72.9 Å². The second-order valence-corrected chi connectivity index (χ2v) is 6.73. The van der Waals surface area contributed by atoms with Gasteiger partial charge in [0.25, 0.3) is 0 Å². The molecule has 2 aliphatic carbocycles. The first-order chi connectivity index (χ1) is 12.1. The number of likely N-dealkylation sites (tertiary alicyclic amines) is 1. The Bertz CT molecular complexity index is 724. The number of amides is 2. The summed E-state index contributed by atoms with van der Waals surface area (Å²) in [4.78, 5) is 38.3. The summed E-state index contributed by atoms with van der Waals surface area (Å²) in [5.74, 6) is 0.259. The predicted octanol–water partition coefficient (Wildman–Crippen LogP) is 1.80. The van der Waals surface area contributed by atoms with E-state index in [4.69, 9.17) is 9.47 Å². The lowest BCUT2D eigenvalue weighted by molar-refractivity contribution is -0.142. The van der Waals surface area contributed by atoms with Crippen LogP contribution in [0.3, 0.4) is 0 Å². The van der Waals surface area contributed by atoms with E-state index in [-0.39, 0.29) is 48.5 Å². The van der Waals surface area contributed by atoms with Crippen LogP contribution in [-0.2, 0) is 14.4 Å². The first-order valence-corrected chi connectivity index (χ1v) is 8.47. The van der Waals surface area contributed by atoms with Crippen molar-refractivity contribution in [2.75, 3.05) is 13.7 Å². The zero-order valence-corrected chi connectivity index (χ0v) is 13.9. The van der Waals surface area contributed by atoms with Gasteiger partial charge in [-0.3, -0.25) is 19.3 Å². The second-order valence-electron chi connectivity index (χ2n) is 6.73. The Balaban J connectivity index is 1.34. The lowest BCUT2D eigenvalue weighted by Crippen LogP contribution is -2.35. The molecule has 1 saturated heterocycles. The Morgan fingerprint density at radius 3 is 2.16 bits per heavy atom. The zero-order chi connectivity index (χ0) is 17.6. The minimum Gasteiger partial charge on any atom is -0.497 e. The van der Waals surface area contributed by atoms with E-state index >= 15 is 0 Å². The highest BCUT2D eigenvalue weighted by Gasteiger charge is 2.59. The number of benzene rings is 1. The van der Waals surface area contributed by atoms with Gasteiger partial charge in [0.1, 0.15) is 11.5 Å². The maximum absolute atomic E-state index is 12.5. The summed E-state index contributed by atoms with van der Waals surface area (Å²) in [5, 5.41) is 0. The van der Waals surface area contributed by atoms with E-state index in [0.717, 1.165) is 6.42 Å². The Morgan fingerprint density at radius 1 is 1.04 bits per heavy atom. The van der Waals surface area contributed by atoms with Gasteiger partial charge in [0.15, 0.2) is 0 Å². The molecule has 1 aromatic carbocycles. The van der Waals surface area contributed by atoms with Crippen molar-refractivity contribution >= 4 is 17.8 Å². The molecule has 0 N–H and O–H groups in total. The monoisotopic (exact) mass is 341 g/mol. The molecule has 4 rings (SSSR count). The minimum atomic E-state index is -0.469. The molecule has 2 amide bonds. The average molecular weight is 341 g/mol. The van der Waals surface area contributed by atoms with Crippen molar-refractivity contribution in [3.63, 3.8) is 0 Å². The number of allylic oxidation sites excluding steroid dienone is 2. The highest BCUT2D eigenvalue weighted by molar-refractivity contribution is 6.06. The highest BCUT2D eigenvalue weighted by Crippen LogP contribution is 2.52. The third-order valence-corrected chi connectivity index (χ3v) is 5.39. The molecule has 0 spiro atoms. The third-order valence-electron chi connectivity index (χ3n) is 5.39. The van der Waals surface area contributed by atoms with Gasteiger partial charge in [0, 0.05) is 6.54 Å². The zero-order valence-electron chi connectivity index (χ0n) is 13.9. The van der Waals surface area contributed by atoms with E-state index in [1.165, 1.54) is 4.90 Å². The maximum Gasteiger partial charge on any atom is 0.312 e. The number of rotatable bonds is 5. The summed E-state index contributed by atoms with van der Waals surface area (Å²) in [6.07, 6.45) is 5.00. The number of hydrogen-bond donors (Lipinski definition) is 0. The van der Waals surface area contributed by atoms with E-state index in [9.17, 15) is 14.4 Å². The number of carbonyl (C=O) groups excluding carboxylic acids is 3. The number of esters is 1. The normalized spacial score (nSPS) is 29.2. The molecule has 2 fully saturated rings. The van der Waals surface area contributed by atoms with E-state index in [2.05, 4.69) is 12.2 Å². The van der Waals surface area contributed by atoms with E-state index < -0.39 is 5.97 Å². The molecular formula is C19H19NO5. The summed E-state index contributed by atoms with van der Waals surface area (Å²) in [7, 11) is 1.56. The molecule has 25 heavy (non-hydrogen) atoms. The SMILES string of the molecule is COc1ccc(OC(=O)CCN2C(=O)[C@H]3[C@H](C2=O)[C@H]2C=C[C@H]3C2)cc1. The molecule has 6 nitrogen and oxygen atoms in total. The van der Waals surface area contributed by atoms with Crippen LogP contribution < -0.4 is 9.47 Å². The Kier molecular flexibility index (Phi) is 3.82. The number of fused-ring (bicyclic) bond motifs is 5. The Morgan fingerprint density at radius 2 is 1.60 bits per heavy atom. The Hall–Kier alpha value is -2.63. The summed E-state index contributed by atoms with van der Waals surface area (Å²) in [6, 6.07) is 6.66. The van der Waals surface area contributed by atoms with Crippen LogP contribution in [0.2, 0.25) is 0 Å². The molecule has 1 saturated carbocycles. The highest BCUT2D eigenvalue weighted by atomic mass is 16.5. The van der Waals surface area contributed by atoms with Gasteiger partial charge in [-0.05, 0) is 42.5 Å². The largest absolute Gasteiger partial charge is 0.497 e. The molecule has 1 heterocycles. The molecular weight excluding hydrogens is 322 g/mol. The van der Waals surface area contributed by atoms with Gasteiger partial charge in [-0.2, -0.15) is 0 Å². The summed E-state index contributed by atoms with van der Waals surface area (Å²) in [6.45, 7) is 0.0824. The van der Waals surface area contributed by atoms with Gasteiger partial charge in [0.05, 0.1) is 25.4 Å². The van der Waals surface area contributed by atoms with Crippen molar-refractivity contribution in [3.8, 4) is 11.5 Å². The summed E-state index contributed by atoms with van der Waals surface area (Å²) in [5.41, 5.74) is 0. The fraction of sp³-hybridized carbons (Fsp3) is 0.421. The molecule has 1 aromatic rings. The third kappa shape index (κ3) is 2.62. The molecule has 4 atom stereocenters. The van der Waals surface area contributed by atoms with Crippen LogP contribution in [0, 0.1) is 23.7 Å². The maximum atomic E-state index is 12.5. The minimum absolute atomic E-state index is 0.00822. The molecule has 6 heteroatoms. The average Bonchev–Trinajstić information content (AvgIpc) is 3.29. The van der Waals surface area contributed by atoms with Crippen molar-refractivity contribution in [3.05, 3.63) is 36.4 Å². The lowest BCUT2D eigenvalue weighted by atomic mass is 9.85. The standard InChI is InChI=1S/C19H19NO5/c1-24-13-4-6-14(7-5-13)25-15(21)8-9-20-18(22)16-11-2-3-12(10-11)17(16)19(20)23/h2-7,11-12,16-17H,8-10H2,1H3/t11-,12-,16+,17+/m0/s1. The van der Waals surface area contributed by atoms with Gasteiger partial charge in [-0.25, -0.2) is 0 Å². The lowest BCUT2D eigenvalue weighted by Gasteiger charge is -2.16. The molecule has 1 aliphatic heterocycles.